The average Bonchev–Trinajstić information content (AvgIpc) is 3.21. The molecule has 0 radical (unpaired) electrons. The Morgan fingerprint density at radius 1 is 1.43 bits per heavy atom. The molecular formula is C17H25ClF2N2O. The largest absolute Gasteiger partial charge is 0.349 e. The monoisotopic (exact) mass is 346 g/mol. The fourth-order valence-electron chi connectivity index (χ4n) is 3.10. The van der Waals surface area contributed by atoms with Crippen LogP contribution in [0.25, 0.3) is 0 Å². The van der Waals surface area contributed by atoms with Crippen molar-refractivity contribution >= 4 is 18.3 Å². The fraction of sp³-hybridized carbons (Fsp3) is 0.588. The Hall–Kier alpha value is -1.20. The normalized spacial score (nSPS) is 22.2. The van der Waals surface area contributed by atoms with Gasteiger partial charge >= 0.3 is 0 Å². The number of benzene rings is 1. The van der Waals surface area contributed by atoms with E-state index in [1.165, 1.54) is 6.07 Å². The molecule has 0 bridgehead atoms. The standard InChI is InChI=1S/C17H24F2N2O.ClH/c1-10(2)8-17(3,9-20)21-16(22)14-7-12(14)13-6-11(18)4-5-15(13)19;/h4-6,10,12,14H,7-9,20H2,1-3H3,(H,21,22);1H. The van der Waals surface area contributed by atoms with Crippen LogP contribution in [0.5, 0.6) is 0 Å². The van der Waals surface area contributed by atoms with E-state index in [0.29, 0.717) is 24.4 Å². The van der Waals surface area contributed by atoms with Crippen LogP contribution in [0.4, 0.5) is 8.78 Å². The summed E-state index contributed by atoms with van der Waals surface area (Å²) in [5.74, 6) is -1.18. The van der Waals surface area contributed by atoms with E-state index in [1.807, 2.05) is 6.92 Å². The number of nitrogens with one attached hydrogen (secondary N) is 1. The summed E-state index contributed by atoms with van der Waals surface area (Å²) in [5, 5.41) is 2.99. The van der Waals surface area contributed by atoms with Crippen molar-refractivity contribution < 1.29 is 13.6 Å². The van der Waals surface area contributed by atoms with E-state index in [-0.39, 0.29) is 30.2 Å². The van der Waals surface area contributed by atoms with Crippen LogP contribution in [0.2, 0.25) is 0 Å². The molecule has 1 aromatic carbocycles. The van der Waals surface area contributed by atoms with Gasteiger partial charge in [-0.15, -0.1) is 12.4 Å². The summed E-state index contributed by atoms with van der Waals surface area (Å²) in [5.41, 5.74) is 5.62. The molecule has 0 aliphatic heterocycles. The van der Waals surface area contributed by atoms with Crippen molar-refractivity contribution in [3.05, 3.63) is 35.4 Å². The number of carbonyl (C=O) groups excluding carboxylic acids is 1. The van der Waals surface area contributed by atoms with Crippen molar-refractivity contribution in [2.24, 2.45) is 17.6 Å². The SMILES string of the molecule is CC(C)CC(C)(CN)NC(=O)C1CC1c1cc(F)ccc1F.Cl. The van der Waals surface area contributed by atoms with Crippen LogP contribution < -0.4 is 11.1 Å². The highest BCUT2D eigenvalue weighted by Crippen LogP contribution is 2.48. The van der Waals surface area contributed by atoms with Crippen molar-refractivity contribution in [1.29, 1.82) is 0 Å². The molecule has 1 amide bonds. The lowest BCUT2D eigenvalue weighted by Crippen LogP contribution is -2.52. The van der Waals surface area contributed by atoms with Gasteiger partial charge in [-0.3, -0.25) is 4.79 Å². The Morgan fingerprint density at radius 2 is 2.09 bits per heavy atom. The van der Waals surface area contributed by atoms with Gasteiger partial charge in [-0.1, -0.05) is 13.8 Å². The highest BCUT2D eigenvalue weighted by atomic mass is 35.5. The summed E-state index contributed by atoms with van der Waals surface area (Å²) in [4.78, 5) is 12.4. The zero-order valence-electron chi connectivity index (χ0n) is 13.7. The third-order valence-electron chi connectivity index (χ3n) is 4.22. The second-order valence-corrected chi connectivity index (χ2v) is 6.97. The molecule has 0 heterocycles. The van der Waals surface area contributed by atoms with Gasteiger partial charge in [0.2, 0.25) is 5.91 Å². The molecular weight excluding hydrogens is 322 g/mol. The maximum absolute atomic E-state index is 13.8. The summed E-state index contributed by atoms with van der Waals surface area (Å²) in [6.45, 7) is 6.41. The van der Waals surface area contributed by atoms with E-state index in [0.717, 1.165) is 18.6 Å². The Labute approximate surface area is 142 Å². The van der Waals surface area contributed by atoms with Gasteiger partial charge < -0.3 is 11.1 Å². The van der Waals surface area contributed by atoms with Gasteiger partial charge in [0, 0.05) is 18.0 Å². The van der Waals surface area contributed by atoms with Crippen LogP contribution >= 0.6 is 12.4 Å². The van der Waals surface area contributed by atoms with Crippen molar-refractivity contribution in [3.63, 3.8) is 0 Å². The first-order chi connectivity index (χ1) is 10.3. The molecule has 0 spiro atoms. The zero-order chi connectivity index (χ0) is 16.5. The van der Waals surface area contributed by atoms with E-state index in [2.05, 4.69) is 19.2 Å². The van der Waals surface area contributed by atoms with E-state index >= 15 is 0 Å². The molecule has 1 saturated carbocycles. The minimum Gasteiger partial charge on any atom is -0.349 e. The van der Waals surface area contributed by atoms with Gasteiger partial charge in [0.15, 0.2) is 0 Å². The summed E-state index contributed by atoms with van der Waals surface area (Å²) in [7, 11) is 0. The highest BCUT2D eigenvalue weighted by Gasteiger charge is 2.46. The fourth-order valence-corrected chi connectivity index (χ4v) is 3.10. The quantitative estimate of drug-likeness (QED) is 0.829. The summed E-state index contributed by atoms with van der Waals surface area (Å²) < 4.78 is 27.0. The zero-order valence-corrected chi connectivity index (χ0v) is 14.6. The summed E-state index contributed by atoms with van der Waals surface area (Å²) in [6, 6.07) is 3.38. The Bertz CT molecular complexity index is 568. The molecule has 6 heteroatoms. The van der Waals surface area contributed by atoms with Gasteiger partial charge in [0.1, 0.15) is 11.6 Å². The number of halogens is 3. The third kappa shape index (κ3) is 4.88. The van der Waals surface area contributed by atoms with Gasteiger partial charge in [-0.05, 0) is 55.4 Å². The van der Waals surface area contributed by atoms with Gasteiger partial charge in [-0.2, -0.15) is 0 Å². The molecule has 3 nitrogen and oxygen atoms in total. The maximum Gasteiger partial charge on any atom is 0.224 e. The molecule has 23 heavy (non-hydrogen) atoms. The van der Waals surface area contributed by atoms with Crippen molar-refractivity contribution in [1.82, 2.24) is 5.32 Å². The van der Waals surface area contributed by atoms with E-state index in [4.69, 9.17) is 5.73 Å². The molecule has 3 atom stereocenters. The smallest absolute Gasteiger partial charge is 0.224 e. The van der Waals surface area contributed by atoms with Gasteiger partial charge in [0.25, 0.3) is 0 Å². The predicted octanol–water partition coefficient (Wildman–Crippen LogP) is 3.37. The minimum atomic E-state index is -0.478. The Kier molecular flexibility index (Phi) is 6.54. The number of amides is 1. The molecule has 1 aliphatic rings. The first kappa shape index (κ1) is 19.8. The Morgan fingerprint density at radius 3 is 2.65 bits per heavy atom. The topological polar surface area (TPSA) is 55.1 Å². The van der Waals surface area contributed by atoms with Crippen LogP contribution in [0.1, 0.15) is 45.1 Å². The summed E-state index contributed by atoms with van der Waals surface area (Å²) in [6.07, 6.45) is 1.33. The molecule has 1 fully saturated rings. The molecule has 1 aliphatic carbocycles. The number of rotatable bonds is 6. The predicted molar refractivity (Wildman–Crippen MR) is 89.5 cm³/mol. The molecule has 1 aromatic rings. The van der Waals surface area contributed by atoms with Gasteiger partial charge in [0.05, 0.1) is 0 Å². The van der Waals surface area contributed by atoms with Crippen LogP contribution in [0, 0.1) is 23.5 Å². The lowest BCUT2D eigenvalue weighted by Gasteiger charge is -2.31. The average molecular weight is 347 g/mol. The van der Waals surface area contributed by atoms with Gasteiger partial charge in [-0.25, -0.2) is 8.78 Å². The third-order valence-corrected chi connectivity index (χ3v) is 4.22. The van der Waals surface area contributed by atoms with Crippen LogP contribution in [0.15, 0.2) is 18.2 Å². The van der Waals surface area contributed by atoms with Crippen LogP contribution in [0.3, 0.4) is 0 Å². The molecule has 0 aromatic heterocycles. The number of hydrogen-bond donors (Lipinski definition) is 2. The Balaban J connectivity index is 0.00000264. The van der Waals surface area contributed by atoms with Crippen molar-refractivity contribution in [3.8, 4) is 0 Å². The first-order valence-corrected chi connectivity index (χ1v) is 7.73. The van der Waals surface area contributed by atoms with E-state index in [9.17, 15) is 13.6 Å². The van der Waals surface area contributed by atoms with E-state index in [1.54, 1.807) is 0 Å². The maximum atomic E-state index is 13.8. The molecule has 2 rings (SSSR count). The minimum absolute atomic E-state index is 0. The number of hydrogen-bond acceptors (Lipinski definition) is 2. The van der Waals surface area contributed by atoms with Crippen molar-refractivity contribution in [2.45, 2.75) is 45.1 Å². The molecule has 3 unspecified atom stereocenters. The number of carbonyl (C=O) groups is 1. The van der Waals surface area contributed by atoms with Crippen LogP contribution in [-0.2, 0) is 4.79 Å². The number of nitrogens with two attached hydrogens (primary N) is 1. The van der Waals surface area contributed by atoms with Crippen LogP contribution in [-0.4, -0.2) is 18.0 Å². The lowest BCUT2D eigenvalue weighted by atomic mass is 9.90. The first-order valence-electron chi connectivity index (χ1n) is 7.73. The lowest BCUT2D eigenvalue weighted by molar-refractivity contribution is -0.124. The summed E-state index contributed by atoms with van der Waals surface area (Å²) >= 11 is 0. The van der Waals surface area contributed by atoms with Crippen molar-refractivity contribution in [2.75, 3.05) is 6.54 Å². The second kappa shape index (κ2) is 7.58. The second-order valence-electron chi connectivity index (χ2n) is 6.97. The molecule has 3 N–H and O–H groups in total. The van der Waals surface area contributed by atoms with E-state index < -0.39 is 17.2 Å². The molecule has 130 valence electrons. The highest BCUT2D eigenvalue weighted by molar-refractivity contribution is 5.85. The molecule has 0 saturated heterocycles.